The van der Waals surface area contributed by atoms with E-state index in [4.69, 9.17) is 0 Å². The molecule has 17 heavy (non-hydrogen) atoms. The largest absolute Gasteiger partial charge is 0.396 e. The first kappa shape index (κ1) is 12.4. The van der Waals surface area contributed by atoms with Crippen molar-refractivity contribution in [1.29, 1.82) is 0 Å². The number of rotatable bonds is 3. The van der Waals surface area contributed by atoms with Gasteiger partial charge in [-0.1, -0.05) is 32.0 Å². The van der Waals surface area contributed by atoms with Gasteiger partial charge in [-0.15, -0.1) is 0 Å². The van der Waals surface area contributed by atoms with Crippen molar-refractivity contribution in [2.24, 2.45) is 5.92 Å². The molecule has 1 saturated heterocycles. The van der Waals surface area contributed by atoms with Crippen molar-refractivity contribution in [1.82, 2.24) is 0 Å². The van der Waals surface area contributed by atoms with Gasteiger partial charge in [-0.2, -0.15) is 0 Å². The molecule has 2 atom stereocenters. The number of para-hydroxylation sites is 1. The molecule has 0 aliphatic carbocycles. The zero-order valence-corrected chi connectivity index (χ0v) is 11.1. The minimum absolute atomic E-state index is 0.307. The molecule has 0 bridgehead atoms. The van der Waals surface area contributed by atoms with Crippen LogP contribution in [-0.2, 0) is 0 Å². The fraction of sp³-hybridized carbons (Fsp3) is 0.600. The normalized spacial score (nSPS) is 24.6. The van der Waals surface area contributed by atoms with E-state index in [0.717, 1.165) is 13.0 Å². The zero-order chi connectivity index (χ0) is 12.4. The number of nitrogens with zero attached hydrogens (tertiary/aromatic N) is 1. The summed E-state index contributed by atoms with van der Waals surface area (Å²) in [5, 5.41) is 9.35. The molecule has 0 aromatic heterocycles. The predicted octanol–water partition coefficient (Wildman–Crippen LogP) is 3.02. The summed E-state index contributed by atoms with van der Waals surface area (Å²) in [6.45, 7) is 8.08. The van der Waals surface area contributed by atoms with E-state index in [1.165, 1.54) is 11.3 Å². The molecule has 94 valence electrons. The Morgan fingerprint density at radius 3 is 2.65 bits per heavy atom. The molecular weight excluding hydrogens is 210 g/mol. The summed E-state index contributed by atoms with van der Waals surface area (Å²) >= 11 is 0. The third-order valence-electron chi connectivity index (χ3n) is 4.02. The average Bonchev–Trinajstić information content (AvgIpc) is 2.70. The van der Waals surface area contributed by atoms with E-state index in [2.05, 4.69) is 49.9 Å². The van der Waals surface area contributed by atoms with Crippen LogP contribution in [0.2, 0.25) is 0 Å². The summed E-state index contributed by atoms with van der Waals surface area (Å²) in [7, 11) is 0. The summed E-state index contributed by atoms with van der Waals surface area (Å²) in [5.74, 6) is 0.974. The Balaban J connectivity index is 2.29. The van der Waals surface area contributed by atoms with Crippen molar-refractivity contribution >= 4 is 5.69 Å². The maximum atomic E-state index is 9.35. The smallest absolute Gasteiger partial charge is 0.0479 e. The lowest BCUT2D eigenvalue weighted by Crippen LogP contribution is -2.31. The molecular formula is C15H23NO. The van der Waals surface area contributed by atoms with Crippen molar-refractivity contribution in [3.8, 4) is 0 Å². The molecule has 2 rings (SSSR count). The van der Waals surface area contributed by atoms with Gasteiger partial charge in [0.05, 0.1) is 0 Å². The summed E-state index contributed by atoms with van der Waals surface area (Å²) in [5.41, 5.74) is 2.77. The van der Waals surface area contributed by atoms with E-state index in [0.29, 0.717) is 24.5 Å². The minimum Gasteiger partial charge on any atom is -0.396 e. The summed E-state index contributed by atoms with van der Waals surface area (Å²) < 4.78 is 0. The van der Waals surface area contributed by atoms with Crippen LogP contribution in [-0.4, -0.2) is 24.3 Å². The Bertz CT molecular complexity index is 375. The summed E-state index contributed by atoms with van der Waals surface area (Å²) in [6, 6.07) is 9.10. The molecule has 0 saturated carbocycles. The van der Waals surface area contributed by atoms with Crippen molar-refractivity contribution in [3.05, 3.63) is 29.8 Å². The number of aliphatic hydroxyl groups excluding tert-OH is 1. The molecule has 0 radical (unpaired) electrons. The average molecular weight is 233 g/mol. The van der Waals surface area contributed by atoms with Gasteiger partial charge in [-0.05, 0) is 30.9 Å². The van der Waals surface area contributed by atoms with Gasteiger partial charge in [0.15, 0.2) is 0 Å². The molecule has 1 aromatic rings. The fourth-order valence-corrected chi connectivity index (χ4v) is 2.83. The standard InChI is InChI=1S/C15H23NO/c1-11(2)14-6-4-5-7-15(14)16-9-8-13(10-17)12(16)3/h4-7,11-13,17H,8-10H2,1-3H3. The van der Waals surface area contributed by atoms with Crippen molar-refractivity contribution in [2.45, 2.75) is 39.2 Å². The van der Waals surface area contributed by atoms with Gasteiger partial charge in [-0.25, -0.2) is 0 Å². The lowest BCUT2D eigenvalue weighted by atomic mass is 9.99. The highest BCUT2D eigenvalue weighted by atomic mass is 16.3. The highest BCUT2D eigenvalue weighted by Gasteiger charge is 2.31. The maximum absolute atomic E-state index is 9.35. The van der Waals surface area contributed by atoms with Crippen LogP contribution in [0, 0.1) is 5.92 Å². The van der Waals surface area contributed by atoms with Crippen LogP contribution in [0.4, 0.5) is 5.69 Å². The molecule has 1 aromatic carbocycles. The zero-order valence-electron chi connectivity index (χ0n) is 11.1. The van der Waals surface area contributed by atoms with E-state index in [-0.39, 0.29) is 0 Å². The number of anilines is 1. The fourth-order valence-electron chi connectivity index (χ4n) is 2.83. The molecule has 1 fully saturated rings. The number of aliphatic hydroxyl groups is 1. The van der Waals surface area contributed by atoms with Crippen LogP contribution in [0.3, 0.4) is 0 Å². The first-order valence-corrected chi connectivity index (χ1v) is 6.61. The first-order chi connectivity index (χ1) is 8.15. The Kier molecular flexibility index (Phi) is 3.72. The number of hydrogen-bond donors (Lipinski definition) is 1. The number of benzene rings is 1. The van der Waals surface area contributed by atoms with Crippen LogP contribution in [0.15, 0.2) is 24.3 Å². The quantitative estimate of drug-likeness (QED) is 0.867. The SMILES string of the molecule is CC(C)c1ccccc1N1CCC(CO)C1C. The van der Waals surface area contributed by atoms with Gasteiger partial charge < -0.3 is 10.0 Å². The molecule has 1 aliphatic heterocycles. The monoisotopic (exact) mass is 233 g/mol. The molecule has 0 spiro atoms. The van der Waals surface area contributed by atoms with Gasteiger partial charge in [0.25, 0.3) is 0 Å². The molecule has 0 amide bonds. The molecule has 2 nitrogen and oxygen atoms in total. The molecule has 1 N–H and O–H groups in total. The van der Waals surface area contributed by atoms with Crippen molar-refractivity contribution in [3.63, 3.8) is 0 Å². The highest BCUT2D eigenvalue weighted by Crippen LogP contribution is 2.34. The van der Waals surface area contributed by atoms with Gasteiger partial charge in [0.2, 0.25) is 0 Å². The number of hydrogen-bond acceptors (Lipinski definition) is 2. The lowest BCUT2D eigenvalue weighted by molar-refractivity contribution is 0.221. The van der Waals surface area contributed by atoms with E-state index in [1.54, 1.807) is 0 Å². The van der Waals surface area contributed by atoms with Gasteiger partial charge in [0, 0.05) is 30.8 Å². The van der Waals surface area contributed by atoms with Gasteiger partial charge in [0.1, 0.15) is 0 Å². The molecule has 1 heterocycles. The third-order valence-corrected chi connectivity index (χ3v) is 4.02. The Morgan fingerprint density at radius 1 is 1.35 bits per heavy atom. The van der Waals surface area contributed by atoms with Crippen molar-refractivity contribution < 1.29 is 5.11 Å². The Morgan fingerprint density at radius 2 is 2.06 bits per heavy atom. The topological polar surface area (TPSA) is 23.5 Å². The molecule has 2 heteroatoms. The third kappa shape index (κ3) is 2.32. The second-order valence-electron chi connectivity index (χ2n) is 5.38. The predicted molar refractivity (Wildman–Crippen MR) is 72.5 cm³/mol. The van der Waals surface area contributed by atoms with Crippen LogP contribution < -0.4 is 4.90 Å². The van der Waals surface area contributed by atoms with Crippen LogP contribution in [0.1, 0.15) is 38.7 Å². The van der Waals surface area contributed by atoms with Gasteiger partial charge in [-0.3, -0.25) is 0 Å². The van der Waals surface area contributed by atoms with E-state index in [1.807, 2.05) is 0 Å². The Hall–Kier alpha value is -1.02. The summed E-state index contributed by atoms with van der Waals surface area (Å²) in [6.07, 6.45) is 1.10. The van der Waals surface area contributed by atoms with E-state index < -0.39 is 0 Å². The van der Waals surface area contributed by atoms with E-state index in [9.17, 15) is 5.11 Å². The van der Waals surface area contributed by atoms with Crippen LogP contribution in [0.5, 0.6) is 0 Å². The lowest BCUT2D eigenvalue weighted by Gasteiger charge is -2.29. The minimum atomic E-state index is 0.307. The van der Waals surface area contributed by atoms with Crippen LogP contribution >= 0.6 is 0 Å². The molecule has 2 unspecified atom stereocenters. The Labute approximate surface area is 104 Å². The summed E-state index contributed by atoms with van der Waals surface area (Å²) in [4.78, 5) is 2.45. The van der Waals surface area contributed by atoms with Gasteiger partial charge >= 0.3 is 0 Å². The van der Waals surface area contributed by atoms with E-state index >= 15 is 0 Å². The second kappa shape index (κ2) is 5.09. The molecule has 1 aliphatic rings. The maximum Gasteiger partial charge on any atom is 0.0479 e. The van der Waals surface area contributed by atoms with Crippen LogP contribution in [0.25, 0.3) is 0 Å². The van der Waals surface area contributed by atoms with Crippen molar-refractivity contribution in [2.75, 3.05) is 18.1 Å². The highest BCUT2D eigenvalue weighted by molar-refractivity contribution is 5.56. The first-order valence-electron chi connectivity index (χ1n) is 6.61. The second-order valence-corrected chi connectivity index (χ2v) is 5.38.